The minimum absolute atomic E-state index is 0.636. The predicted molar refractivity (Wildman–Crippen MR) is 118 cm³/mol. The molecule has 5 heteroatoms. The van der Waals surface area contributed by atoms with E-state index in [9.17, 15) is 0 Å². The van der Waals surface area contributed by atoms with Crippen molar-refractivity contribution in [1.82, 2.24) is 14.8 Å². The van der Waals surface area contributed by atoms with Gasteiger partial charge in [0.2, 0.25) is 0 Å². The minimum Gasteiger partial charge on any atom is -0.494 e. The summed E-state index contributed by atoms with van der Waals surface area (Å²) in [6, 6.07) is 24.1. The number of nitrogens with zero attached hydrogens (tertiary/aromatic N) is 3. The fourth-order valence-electron chi connectivity index (χ4n) is 3.71. The third-order valence-corrected chi connectivity index (χ3v) is 5.33. The molecule has 5 rings (SSSR count). The van der Waals surface area contributed by atoms with Crippen molar-refractivity contribution in [3.63, 3.8) is 0 Å². The Kier molecular flexibility index (Phi) is 4.41. The van der Waals surface area contributed by atoms with Crippen LogP contribution in [-0.4, -0.2) is 21.9 Å². The molecule has 0 aliphatic heterocycles. The molecule has 2 heterocycles. The van der Waals surface area contributed by atoms with Crippen molar-refractivity contribution in [3.05, 3.63) is 89.6 Å². The lowest BCUT2D eigenvalue weighted by Gasteiger charge is -2.08. The average molecular weight is 400 g/mol. The zero-order valence-electron chi connectivity index (χ0n) is 15.8. The lowest BCUT2D eigenvalue weighted by atomic mass is 10.1. The first kappa shape index (κ1) is 17.7. The normalized spacial score (nSPS) is 11.2. The Morgan fingerprint density at radius 1 is 0.897 bits per heavy atom. The van der Waals surface area contributed by atoms with Crippen molar-refractivity contribution in [1.29, 1.82) is 0 Å². The molecule has 0 atom stereocenters. The van der Waals surface area contributed by atoms with Crippen LogP contribution in [0.3, 0.4) is 0 Å². The fourth-order valence-corrected chi connectivity index (χ4v) is 3.83. The number of fused-ring (bicyclic) bond motifs is 3. The molecule has 0 bridgehead atoms. The summed E-state index contributed by atoms with van der Waals surface area (Å²) in [4.78, 5) is 4.70. The summed E-state index contributed by atoms with van der Waals surface area (Å²) < 4.78 is 7.58. The summed E-state index contributed by atoms with van der Waals surface area (Å²) in [5.74, 6) is 0.755. The van der Waals surface area contributed by atoms with Gasteiger partial charge in [0, 0.05) is 27.6 Å². The maximum atomic E-state index is 6.06. The SMILES string of the molecule is COc1cccc2c1ncc1c(-c3ccccc3)nn(Cc3ccc(Cl)cc3)c12. The highest BCUT2D eigenvalue weighted by molar-refractivity contribution is 6.30. The maximum Gasteiger partial charge on any atom is 0.145 e. The first-order valence-corrected chi connectivity index (χ1v) is 9.74. The molecule has 29 heavy (non-hydrogen) atoms. The quantitative estimate of drug-likeness (QED) is 0.374. The number of methoxy groups -OCH3 is 1. The van der Waals surface area contributed by atoms with E-state index in [1.54, 1.807) is 7.11 Å². The van der Waals surface area contributed by atoms with Crippen LogP contribution in [0.4, 0.5) is 0 Å². The number of para-hydroxylation sites is 1. The van der Waals surface area contributed by atoms with Gasteiger partial charge in [0.25, 0.3) is 0 Å². The summed E-state index contributed by atoms with van der Waals surface area (Å²) in [5, 5.41) is 7.75. The van der Waals surface area contributed by atoms with Gasteiger partial charge in [0.05, 0.1) is 19.2 Å². The smallest absolute Gasteiger partial charge is 0.145 e. The number of hydrogen-bond donors (Lipinski definition) is 0. The Morgan fingerprint density at radius 3 is 2.45 bits per heavy atom. The van der Waals surface area contributed by atoms with Crippen LogP contribution in [0.2, 0.25) is 5.02 Å². The molecule has 0 spiro atoms. The number of halogens is 1. The van der Waals surface area contributed by atoms with Gasteiger partial charge in [-0.05, 0) is 23.8 Å². The number of rotatable bonds is 4. The summed E-state index contributed by atoms with van der Waals surface area (Å²) in [5.41, 5.74) is 5.00. The largest absolute Gasteiger partial charge is 0.494 e. The van der Waals surface area contributed by atoms with Crippen molar-refractivity contribution in [2.45, 2.75) is 6.54 Å². The van der Waals surface area contributed by atoms with E-state index in [-0.39, 0.29) is 0 Å². The number of hydrogen-bond acceptors (Lipinski definition) is 3. The molecule has 0 unspecified atom stereocenters. The second kappa shape index (κ2) is 7.22. The van der Waals surface area contributed by atoms with Crippen LogP contribution < -0.4 is 4.74 Å². The highest BCUT2D eigenvalue weighted by atomic mass is 35.5. The summed E-state index contributed by atoms with van der Waals surface area (Å²) in [6.07, 6.45) is 1.90. The van der Waals surface area contributed by atoms with Gasteiger partial charge in [0.15, 0.2) is 0 Å². The Labute approximate surface area is 173 Å². The molecule has 0 aliphatic rings. The molecule has 2 aromatic heterocycles. The standard InChI is InChI=1S/C24H18ClN3O/c1-29-21-9-5-8-19-23(21)26-14-20-22(17-6-3-2-4-7-17)27-28(24(19)20)15-16-10-12-18(25)13-11-16/h2-14H,15H2,1H3. The fraction of sp³-hybridized carbons (Fsp3) is 0.0833. The molecule has 0 fully saturated rings. The Morgan fingerprint density at radius 2 is 1.69 bits per heavy atom. The van der Waals surface area contributed by atoms with Gasteiger partial charge in [-0.25, -0.2) is 0 Å². The topological polar surface area (TPSA) is 39.9 Å². The Hall–Kier alpha value is -3.37. The minimum atomic E-state index is 0.636. The van der Waals surface area contributed by atoms with Gasteiger partial charge < -0.3 is 4.74 Å². The van der Waals surface area contributed by atoms with E-state index in [1.165, 1.54) is 0 Å². The molecular formula is C24H18ClN3O. The predicted octanol–water partition coefficient (Wildman–Crippen LogP) is 5.96. The third-order valence-electron chi connectivity index (χ3n) is 5.08. The van der Waals surface area contributed by atoms with E-state index in [2.05, 4.69) is 18.2 Å². The molecule has 0 amide bonds. The lowest BCUT2D eigenvalue weighted by Crippen LogP contribution is -2.02. The van der Waals surface area contributed by atoms with E-state index < -0.39 is 0 Å². The third kappa shape index (κ3) is 3.12. The summed E-state index contributed by atoms with van der Waals surface area (Å²) in [6.45, 7) is 0.636. The maximum absolute atomic E-state index is 6.06. The van der Waals surface area contributed by atoms with Crippen molar-refractivity contribution >= 4 is 33.4 Å². The second-order valence-corrected chi connectivity index (χ2v) is 7.31. The molecule has 0 saturated heterocycles. The first-order chi connectivity index (χ1) is 14.2. The monoisotopic (exact) mass is 399 g/mol. The highest BCUT2D eigenvalue weighted by Gasteiger charge is 2.17. The Bertz CT molecular complexity index is 1310. The van der Waals surface area contributed by atoms with E-state index >= 15 is 0 Å². The molecule has 3 aromatic carbocycles. The van der Waals surface area contributed by atoms with Crippen LogP contribution in [0.25, 0.3) is 33.1 Å². The molecule has 4 nitrogen and oxygen atoms in total. The number of benzene rings is 3. The van der Waals surface area contributed by atoms with E-state index in [4.69, 9.17) is 26.4 Å². The lowest BCUT2D eigenvalue weighted by molar-refractivity contribution is 0.419. The number of aromatic nitrogens is 3. The molecule has 0 saturated carbocycles. The van der Waals surface area contributed by atoms with Crippen molar-refractivity contribution < 1.29 is 4.74 Å². The van der Waals surface area contributed by atoms with Gasteiger partial charge in [-0.3, -0.25) is 9.67 Å². The first-order valence-electron chi connectivity index (χ1n) is 9.36. The molecule has 0 radical (unpaired) electrons. The van der Waals surface area contributed by atoms with Gasteiger partial charge in [-0.2, -0.15) is 5.10 Å². The zero-order chi connectivity index (χ0) is 19.8. The van der Waals surface area contributed by atoms with Crippen molar-refractivity contribution in [2.75, 3.05) is 7.11 Å². The van der Waals surface area contributed by atoms with Crippen LogP contribution in [0.15, 0.2) is 79.0 Å². The van der Waals surface area contributed by atoms with E-state index in [0.717, 1.165) is 49.4 Å². The van der Waals surface area contributed by atoms with E-state index in [0.29, 0.717) is 6.54 Å². The molecule has 0 aliphatic carbocycles. The van der Waals surface area contributed by atoms with E-state index in [1.807, 2.05) is 65.5 Å². The van der Waals surface area contributed by atoms with Crippen LogP contribution >= 0.6 is 11.6 Å². The zero-order valence-corrected chi connectivity index (χ0v) is 16.6. The van der Waals surface area contributed by atoms with Crippen molar-refractivity contribution in [3.8, 4) is 17.0 Å². The van der Waals surface area contributed by atoms with Gasteiger partial charge in [-0.1, -0.05) is 66.2 Å². The molecule has 142 valence electrons. The Balaban J connectivity index is 1.79. The second-order valence-electron chi connectivity index (χ2n) is 6.88. The highest BCUT2D eigenvalue weighted by Crippen LogP contribution is 2.35. The average Bonchev–Trinajstić information content (AvgIpc) is 3.14. The van der Waals surface area contributed by atoms with Gasteiger partial charge >= 0.3 is 0 Å². The van der Waals surface area contributed by atoms with Crippen LogP contribution in [0.1, 0.15) is 5.56 Å². The molecule has 0 N–H and O–H groups in total. The van der Waals surface area contributed by atoms with Crippen molar-refractivity contribution in [2.24, 2.45) is 0 Å². The molecule has 5 aromatic rings. The van der Waals surface area contributed by atoms with Crippen LogP contribution in [0.5, 0.6) is 5.75 Å². The van der Waals surface area contributed by atoms with Crippen LogP contribution in [-0.2, 0) is 6.54 Å². The van der Waals surface area contributed by atoms with Gasteiger partial charge in [-0.15, -0.1) is 0 Å². The summed E-state index contributed by atoms with van der Waals surface area (Å²) in [7, 11) is 1.67. The van der Waals surface area contributed by atoms with Crippen LogP contribution in [0, 0.1) is 0 Å². The number of pyridine rings is 1. The number of ether oxygens (including phenoxy) is 1. The molecular weight excluding hydrogens is 382 g/mol. The summed E-state index contributed by atoms with van der Waals surface area (Å²) >= 11 is 6.06. The van der Waals surface area contributed by atoms with Gasteiger partial charge in [0.1, 0.15) is 17.0 Å².